The molecular formula is C14H23N3O4S. The van der Waals surface area contributed by atoms with Gasteiger partial charge in [0.05, 0.1) is 0 Å². The number of sulfonamides is 1. The van der Waals surface area contributed by atoms with E-state index in [-0.39, 0.29) is 23.0 Å². The molecule has 8 heteroatoms. The van der Waals surface area contributed by atoms with E-state index in [1.165, 1.54) is 10.4 Å². The summed E-state index contributed by atoms with van der Waals surface area (Å²) in [7, 11) is -3.60. The lowest BCUT2D eigenvalue weighted by molar-refractivity contribution is 0.0886. The summed E-state index contributed by atoms with van der Waals surface area (Å²) in [6, 6.07) is 1.30. The Morgan fingerprint density at radius 2 is 2.00 bits per heavy atom. The van der Waals surface area contributed by atoms with E-state index in [1.807, 2.05) is 0 Å². The number of furan rings is 1. The molecule has 0 spiro atoms. The van der Waals surface area contributed by atoms with Crippen molar-refractivity contribution in [1.82, 2.24) is 9.62 Å². The van der Waals surface area contributed by atoms with Gasteiger partial charge in [-0.1, -0.05) is 0 Å². The van der Waals surface area contributed by atoms with E-state index in [4.69, 9.17) is 10.2 Å². The highest BCUT2D eigenvalue weighted by molar-refractivity contribution is 7.89. The van der Waals surface area contributed by atoms with Gasteiger partial charge in [-0.15, -0.1) is 0 Å². The van der Waals surface area contributed by atoms with Crippen LogP contribution in [0, 0.1) is 6.92 Å². The number of hydrogen-bond acceptors (Lipinski definition) is 5. The maximum absolute atomic E-state index is 12.5. The number of nitrogens with zero attached hydrogens (tertiary/aromatic N) is 1. The predicted molar refractivity (Wildman–Crippen MR) is 82.0 cm³/mol. The average molecular weight is 329 g/mol. The molecule has 7 nitrogen and oxygen atoms in total. The maximum atomic E-state index is 12.5. The Hall–Kier alpha value is -1.38. The molecule has 1 aromatic rings. The molecule has 124 valence electrons. The Labute approximate surface area is 130 Å². The van der Waals surface area contributed by atoms with Crippen molar-refractivity contribution in [3.05, 3.63) is 17.6 Å². The molecule has 1 aliphatic rings. The highest BCUT2D eigenvalue weighted by Crippen LogP contribution is 2.26. The topological polar surface area (TPSA) is 106 Å². The molecule has 2 rings (SSSR count). The van der Waals surface area contributed by atoms with E-state index in [2.05, 4.69) is 5.32 Å². The fourth-order valence-corrected chi connectivity index (χ4v) is 4.00. The van der Waals surface area contributed by atoms with E-state index in [1.54, 1.807) is 20.8 Å². The molecule has 0 aromatic carbocycles. The third-order valence-electron chi connectivity index (χ3n) is 3.74. The van der Waals surface area contributed by atoms with Crippen LogP contribution in [0.15, 0.2) is 15.4 Å². The molecule has 0 radical (unpaired) electrons. The molecule has 1 fully saturated rings. The SMILES string of the molecule is Cc1oc(C(=O)NC(C)(C)CN)cc1S(=O)(=O)N1CCCC1. The average Bonchev–Trinajstić information content (AvgIpc) is 3.07. The van der Waals surface area contributed by atoms with Crippen LogP contribution in [0.2, 0.25) is 0 Å². The summed E-state index contributed by atoms with van der Waals surface area (Å²) in [6.07, 6.45) is 1.71. The van der Waals surface area contributed by atoms with Gasteiger partial charge < -0.3 is 15.5 Å². The number of nitrogens with two attached hydrogens (primary N) is 1. The van der Waals surface area contributed by atoms with Crippen LogP contribution in [0.5, 0.6) is 0 Å². The fourth-order valence-electron chi connectivity index (χ4n) is 2.32. The van der Waals surface area contributed by atoms with Gasteiger partial charge in [0.25, 0.3) is 5.91 Å². The van der Waals surface area contributed by atoms with E-state index < -0.39 is 21.5 Å². The first-order valence-corrected chi connectivity index (χ1v) is 8.74. The zero-order chi connectivity index (χ0) is 16.5. The lowest BCUT2D eigenvalue weighted by Crippen LogP contribution is -2.48. The van der Waals surface area contributed by atoms with Crippen LogP contribution in [0.25, 0.3) is 0 Å². The van der Waals surface area contributed by atoms with Gasteiger partial charge in [0, 0.05) is 31.2 Å². The van der Waals surface area contributed by atoms with Crippen molar-refractivity contribution in [2.45, 2.75) is 44.0 Å². The van der Waals surface area contributed by atoms with Gasteiger partial charge in [-0.05, 0) is 33.6 Å². The number of rotatable bonds is 5. The standard InChI is InChI=1S/C14H23N3O4S/c1-10-12(22(19,20)17-6-4-5-7-17)8-11(21-10)13(18)16-14(2,3)9-15/h8H,4-7,9,15H2,1-3H3,(H,16,18). The van der Waals surface area contributed by atoms with Crippen LogP contribution in [-0.2, 0) is 10.0 Å². The van der Waals surface area contributed by atoms with E-state index in [0.717, 1.165) is 12.8 Å². The molecule has 1 saturated heterocycles. The van der Waals surface area contributed by atoms with Crippen LogP contribution >= 0.6 is 0 Å². The minimum atomic E-state index is -3.60. The first-order valence-electron chi connectivity index (χ1n) is 7.30. The van der Waals surface area contributed by atoms with Crippen molar-refractivity contribution in [2.75, 3.05) is 19.6 Å². The second-order valence-electron chi connectivity index (χ2n) is 6.18. The van der Waals surface area contributed by atoms with Crippen molar-refractivity contribution < 1.29 is 17.6 Å². The number of aryl methyl sites for hydroxylation is 1. The Bertz CT molecular complexity index is 658. The zero-order valence-corrected chi connectivity index (χ0v) is 14.0. The summed E-state index contributed by atoms with van der Waals surface area (Å²) in [5.74, 6) is -0.263. The fraction of sp³-hybridized carbons (Fsp3) is 0.643. The quantitative estimate of drug-likeness (QED) is 0.832. The van der Waals surface area contributed by atoms with E-state index in [0.29, 0.717) is 13.1 Å². The number of nitrogens with one attached hydrogen (secondary N) is 1. The molecule has 0 aliphatic carbocycles. The number of carbonyl (C=O) groups is 1. The highest BCUT2D eigenvalue weighted by Gasteiger charge is 2.32. The molecule has 0 unspecified atom stereocenters. The van der Waals surface area contributed by atoms with Crippen molar-refractivity contribution in [1.29, 1.82) is 0 Å². The minimum absolute atomic E-state index is 0.0169. The number of carbonyl (C=O) groups excluding carboxylic acids is 1. The van der Waals surface area contributed by atoms with Crippen LogP contribution in [-0.4, -0.2) is 43.8 Å². The molecule has 0 saturated carbocycles. The molecule has 1 aromatic heterocycles. The van der Waals surface area contributed by atoms with Crippen LogP contribution < -0.4 is 11.1 Å². The summed E-state index contributed by atoms with van der Waals surface area (Å²) < 4.78 is 31.9. The first kappa shape index (κ1) is 17.0. The normalized spacial score (nSPS) is 16.9. The lowest BCUT2D eigenvalue weighted by Gasteiger charge is -2.23. The lowest BCUT2D eigenvalue weighted by atomic mass is 10.1. The third kappa shape index (κ3) is 3.34. The van der Waals surface area contributed by atoms with Crippen LogP contribution in [0.3, 0.4) is 0 Å². The maximum Gasteiger partial charge on any atom is 0.287 e. The van der Waals surface area contributed by atoms with Gasteiger partial charge in [-0.3, -0.25) is 4.79 Å². The second kappa shape index (κ2) is 6.02. The summed E-state index contributed by atoms with van der Waals surface area (Å²) in [5.41, 5.74) is 4.98. The van der Waals surface area contributed by atoms with Gasteiger partial charge in [-0.25, -0.2) is 8.42 Å². The van der Waals surface area contributed by atoms with Gasteiger partial charge >= 0.3 is 0 Å². The summed E-state index contributed by atoms with van der Waals surface area (Å²) in [6.45, 7) is 6.39. The van der Waals surface area contributed by atoms with Gasteiger partial charge in [0.1, 0.15) is 10.7 Å². The van der Waals surface area contributed by atoms with E-state index in [9.17, 15) is 13.2 Å². The van der Waals surface area contributed by atoms with Gasteiger partial charge in [0.2, 0.25) is 10.0 Å². The van der Waals surface area contributed by atoms with Crippen LogP contribution in [0.1, 0.15) is 43.0 Å². The third-order valence-corrected chi connectivity index (χ3v) is 5.75. The molecule has 1 aliphatic heterocycles. The highest BCUT2D eigenvalue weighted by atomic mass is 32.2. The Morgan fingerprint density at radius 1 is 1.41 bits per heavy atom. The van der Waals surface area contributed by atoms with Crippen molar-refractivity contribution >= 4 is 15.9 Å². The Morgan fingerprint density at radius 3 is 2.55 bits per heavy atom. The monoisotopic (exact) mass is 329 g/mol. The number of amides is 1. The molecule has 22 heavy (non-hydrogen) atoms. The Kier molecular flexibility index (Phi) is 4.65. The molecule has 2 heterocycles. The molecule has 1 amide bonds. The van der Waals surface area contributed by atoms with Gasteiger partial charge in [0.15, 0.2) is 5.76 Å². The Balaban J connectivity index is 2.26. The molecule has 0 atom stereocenters. The van der Waals surface area contributed by atoms with Crippen LogP contribution in [0.4, 0.5) is 0 Å². The van der Waals surface area contributed by atoms with Crippen molar-refractivity contribution in [2.24, 2.45) is 5.73 Å². The first-order chi connectivity index (χ1) is 10.2. The smallest absolute Gasteiger partial charge is 0.287 e. The van der Waals surface area contributed by atoms with E-state index >= 15 is 0 Å². The summed E-state index contributed by atoms with van der Waals surface area (Å²) in [4.78, 5) is 12.2. The van der Waals surface area contributed by atoms with Crippen molar-refractivity contribution in [3.63, 3.8) is 0 Å². The molecular weight excluding hydrogens is 306 g/mol. The van der Waals surface area contributed by atoms with Gasteiger partial charge in [-0.2, -0.15) is 4.31 Å². The predicted octanol–water partition coefficient (Wildman–Crippen LogP) is 0.840. The number of hydrogen-bond donors (Lipinski definition) is 2. The summed E-state index contributed by atoms with van der Waals surface area (Å²) >= 11 is 0. The molecule has 0 bridgehead atoms. The second-order valence-corrected chi connectivity index (χ2v) is 8.09. The molecule has 3 N–H and O–H groups in total. The van der Waals surface area contributed by atoms with Crippen molar-refractivity contribution in [3.8, 4) is 0 Å². The summed E-state index contributed by atoms with van der Waals surface area (Å²) in [5, 5.41) is 2.72. The zero-order valence-electron chi connectivity index (χ0n) is 13.2. The minimum Gasteiger partial charge on any atom is -0.455 e. The largest absolute Gasteiger partial charge is 0.455 e.